The molecule has 0 unspecified atom stereocenters. The summed E-state index contributed by atoms with van der Waals surface area (Å²) in [6.45, 7) is 0. The highest BCUT2D eigenvalue weighted by atomic mass is 16.3. The maximum absolute atomic E-state index is 6.61. The van der Waals surface area contributed by atoms with Crippen molar-refractivity contribution in [2.75, 3.05) is 4.90 Å². The summed E-state index contributed by atoms with van der Waals surface area (Å²) in [6.07, 6.45) is 0. The Kier molecular flexibility index (Phi) is 6.55. The van der Waals surface area contributed by atoms with E-state index in [1.54, 1.807) is 0 Å². The van der Waals surface area contributed by atoms with E-state index >= 15 is 0 Å². The number of fused-ring (bicyclic) bond motifs is 9. The molecule has 2 aromatic heterocycles. The predicted molar refractivity (Wildman–Crippen MR) is 222 cm³/mol. The van der Waals surface area contributed by atoms with Crippen molar-refractivity contribution >= 4 is 82.5 Å². The first-order valence-electron chi connectivity index (χ1n) is 18.0. The van der Waals surface area contributed by atoms with Gasteiger partial charge >= 0.3 is 0 Å². The van der Waals surface area contributed by atoms with E-state index in [1.165, 1.54) is 21.5 Å². The highest BCUT2D eigenvalue weighted by Crippen LogP contribution is 2.44. The molecule has 0 aliphatic rings. The molecule has 0 atom stereocenters. The van der Waals surface area contributed by atoms with Crippen molar-refractivity contribution in [3.63, 3.8) is 0 Å². The second-order valence-corrected chi connectivity index (χ2v) is 13.7. The molecule has 248 valence electrons. The molecule has 11 rings (SSSR count). The monoisotopic (exact) mass is 677 g/mol. The Bertz CT molecular complexity index is 3170. The average Bonchev–Trinajstić information content (AvgIpc) is 3.80. The molecule has 0 amide bonds. The van der Waals surface area contributed by atoms with Crippen molar-refractivity contribution in [2.45, 2.75) is 0 Å². The van der Waals surface area contributed by atoms with Crippen LogP contribution in [-0.2, 0) is 0 Å². The number of hydrogen-bond acceptors (Lipinski definition) is 3. The number of rotatable bonds is 5. The van der Waals surface area contributed by atoms with Crippen molar-refractivity contribution in [3.8, 4) is 22.3 Å². The van der Waals surface area contributed by atoms with Crippen LogP contribution >= 0.6 is 0 Å². The first kappa shape index (κ1) is 29.6. The van der Waals surface area contributed by atoms with Crippen molar-refractivity contribution in [2.24, 2.45) is 0 Å². The zero-order valence-electron chi connectivity index (χ0n) is 28.7. The SMILES string of the molecule is c1ccc(-c2cccc3c2oc2ccc(-c4ccc(N(c5ccc6ccc7ccccc7c6c5)c5cccc6c5oc5ccccc56)cc4)cc23)cc1. The highest BCUT2D eigenvalue weighted by Gasteiger charge is 2.20. The summed E-state index contributed by atoms with van der Waals surface area (Å²) in [5.74, 6) is 0. The van der Waals surface area contributed by atoms with Gasteiger partial charge in [-0.2, -0.15) is 0 Å². The van der Waals surface area contributed by atoms with E-state index in [0.29, 0.717) is 0 Å². The third kappa shape index (κ3) is 4.75. The summed E-state index contributed by atoms with van der Waals surface area (Å²) in [5.41, 5.74) is 11.2. The van der Waals surface area contributed by atoms with Gasteiger partial charge in [0.2, 0.25) is 0 Å². The van der Waals surface area contributed by atoms with Gasteiger partial charge in [0.15, 0.2) is 5.58 Å². The normalized spacial score (nSPS) is 11.8. The molecule has 0 saturated carbocycles. The van der Waals surface area contributed by atoms with E-state index in [9.17, 15) is 0 Å². The minimum Gasteiger partial charge on any atom is -0.455 e. The van der Waals surface area contributed by atoms with Crippen LogP contribution in [-0.4, -0.2) is 0 Å². The number of nitrogens with zero attached hydrogens (tertiary/aromatic N) is 1. The van der Waals surface area contributed by atoms with Gasteiger partial charge in [-0.05, 0) is 86.8 Å². The van der Waals surface area contributed by atoms with Crippen LogP contribution in [0.5, 0.6) is 0 Å². The fraction of sp³-hybridized carbons (Fsp3) is 0. The second-order valence-electron chi connectivity index (χ2n) is 13.7. The summed E-state index contributed by atoms with van der Waals surface area (Å²) in [4.78, 5) is 2.33. The molecule has 0 N–H and O–H groups in total. The van der Waals surface area contributed by atoms with Crippen molar-refractivity contribution in [1.29, 1.82) is 0 Å². The molecule has 0 bridgehead atoms. The summed E-state index contributed by atoms with van der Waals surface area (Å²) in [5, 5.41) is 9.34. The fourth-order valence-corrected chi connectivity index (χ4v) is 8.09. The van der Waals surface area contributed by atoms with Gasteiger partial charge in [-0.1, -0.05) is 140 Å². The largest absolute Gasteiger partial charge is 0.455 e. The van der Waals surface area contributed by atoms with E-state index in [-0.39, 0.29) is 0 Å². The van der Waals surface area contributed by atoms with Crippen LogP contribution in [0.4, 0.5) is 17.1 Å². The van der Waals surface area contributed by atoms with Crippen LogP contribution < -0.4 is 4.90 Å². The Morgan fingerprint density at radius 2 is 0.943 bits per heavy atom. The molecule has 3 nitrogen and oxygen atoms in total. The van der Waals surface area contributed by atoms with Gasteiger partial charge in [-0.25, -0.2) is 0 Å². The number of anilines is 3. The topological polar surface area (TPSA) is 29.5 Å². The zero-order valence-corrected chi connectivity index (χ0v) is 28.7. The van der Waals surface area contributed by atoms with Gasteiger partial charge in [0, 0.05) is 38.5 Å². The third-order valence-electron chi connectivity index (χ3n) is 10.7. The minimum absolute atomic E-state index is 0.864. The molecule has 2 heterocycles. The quantitative estimate of drug-likeness (QED) is 0.170. The predicted octanol–water partition coefficient (Wildman–Crippen LogP) is 14.6. The summed E-state index contributed by atoms with van der Waals surface area (Å²) in [6, 6.07) is 66.7. The van der Waals surface area contributed by atoms with E-state index < -0.39 is 0 Å². The molecule has 0 saturated heterocycles. The maximum atomic E-state index is 6.61. The smallest absolute Gasteiger partial charge is 0.159 e. The Labute approximate surface area is 305 Å². The Morgan fingerprint density at radius 3 is 1.81 bits per heavy atom. The summed E-state index contributed by atoms with van der Waals surface area (Å²) < 4.78 is 13.1. The van der Waals surface area contributed by atoms with Crippen LogP contribution in [0.15, 0.2) is 197 Å². The third-order valence-corrected chi connectivity index (χ3v) is 10.7. The molecule has 9 aromatic carbocycles. The van der Waals surface area contributed by atoms with Gasteiger partial charge in [0.1, 0.15) is 16.7 Å². The first-order chi connectivity index (χ1) is 26.3. The molecular weight excluding hydrogens is 647 g/mol. The van der Waals surface area contributed by atoms with Gasteiger partial charge in [0.05, 0.1) is 5.69 Å². The van der Waals surface area contributed by atoms with Crippen LogP contribution in [0.25, 0.3) is 87.7 Å². The number of para-hydroxylation sites is 3. The molecule has 3 heteroatoms. The maximum Gasteiger partial charge on any atom is 0.159 e. The standard InChI is InChI=1S/C50H31NO2/c1-2-10-33(11-3-1)40-15-8-16-43-45-30-36(25-29-48(45)52-49(40)43)32-22-26-37(27-23-32)51(46-18-9-17-42-41-14-6-7-19-47(41)53-50(42)46)38-28-24-35-21-20-34-12-4-5-13-39(34)44(35)31-38/h1-31H. The number of furan rings is 2. The van der Waals surface area contributed by atoms with Crippen molar-refractivity contribution in [1.82, 2.24) is 0 Å². The van der Waals surface area contributed by atoms with E-state index in [1.807, 2.05) is 18.2 Å². The minimum atomic E-state index is 0.864. The Balaban J connectivity index is 1.06. The van der Waals surface area contributed by atoms with Gasteiger partial charge < -0.3 is 13.7 Å². The lowest BCUT2D eigenvalue weighted by Gasteiger charge is -2.26. The first-order valence-corrected chi connectivity index (χ1v) is 18.0. The van der Waals surface area contributed by atoms with Crippen LogP contribution in [0.3, 0.4) is 0 Å². The summed E-state index contributed by atoms with van der Waals surface area (Å²) in [7, 11) is 0. The van der Waals surface area contributed by atoms with Gasteiger partial charge in [-0.3, -0.25) is 0 Å². The molecule has 11 aromatic rings. The van der Waals surface area contributed by atoms with Crippen molar-refractivity contribution in [3.05, 3.63) is 188 Å². The summed E-state index contributed by atoms with van der Waals surface area (Å²) >= 11 is 0. The lowest BCUT2D eigenvalue weighted by molar-refractivity contribution is 0.669. The van der Waals surface area contributed by atoms with Crippen LogP contribution in [0, 0.1) is 0 Å². The number of benzene rings is 9. The van der Waals surface area contributed by atoms with Crippen molar-refractivity contribution < 1.29 is 8.83 Å². The lowest BCUT2D eigenvalue weighted by atomic mass is 9.99. The van der Waals surface area contributed by atoms with Crippen LogP contribution in [0.1, 0.15) is 0 Å². The molecule has 0 aliphatic carbocycles. The second kappa shape index (κ2) is 11.7. The molecule has 0 radical (unpaired) electrons. The van der Waals surface area contributed by atoms with Gasteiger partial charge in [0.25, 0.3) is 0 Å². The van der Waals surface area contributed by atoms with Crippen LogP contribution in [0.2, 0.25) is 0 Å². The molecule has 53 heavy (non-hydrogen) atoms. The Hall–Kier alpha value is -7.10. The zero-order chi connectivity index (χ0) is 34.9. The van der Waals surface area contributed by atoms with Gasteiger partial charge in [-0.15, -0.1) is 0 Å². The fourth-order valence-electron chi connectivity index (χ4n) is 8.09. The molecular formula is C50H31NO2. The van der Waals surface area contributed by atoms with E-state index in [2.05, 4.69) is 175 Å². The number of hydrogen-bond donors (Lipinski definition) is 0. The molecule has 0 aliphatic heterocycles. The average molecular weight is 678 g/mol. The van der Waals surface area contributed by atoms with E-state index in [4.69, 9.17) is 8.83 Å². The molecule has 0 spiro atoms. The Morgan fingerprint density at radius 1 is 0.321 bits per heavy atom. The lowest BCUT2D eigenvalue weighted by Crippen LogP contribution is -2.10. The highest BCUT2D eigenvalue weighted by molar-refractivity contribution is 6.13. The van der Waals surface area contributed by atoms with E-state index in [0.717, 1.165) is 83.2 Å². The molecule has 0 fully saturated rings.